The molecule has 0 radical (unpaired) electrons. The van der Waals surface area contributed by atoms with Gasteiger partial charge >= 0.3 is 0 Å². The van der Waals surface area contributed by atoms with Crippen molar-refractivity contribution in [1.82, 2.24) is 4.98 Å². The van der Waals surface area contributed by atoms with Gasteiger partial charge in [-0.3, -0.25) is 9.98 Å². The van der Waals surface area contributed by atoms with Gasteiger partial charge in [0, 0.05) is 35.2 Å². The van der Waals surface area contributed by atoms with Gasteiger partial charge in [-0.2, -0.15) is 0 Å². The van der Waals surface area contributed by atoms with E-state index in [1.807, 2.05) is 24.6 Å². The van der Waals surface area contributed by atoms with Crippen LogP contribution in [0.15, 0.2) is 143 Å². The second-order valence-electron chi connectivity index (χ2n) is 14.9. The van der Waals surface area contributed by atoms with Gasteiger partial charge in [0.05, 0.1) is 11.7 Å². The Balaban J connectivity index is 1.35. The fourth-order valence-electron chi connectivity index (χ4n) is 8.02. The number of benzene rings is 2. The molecule has 1 aliphatic heterocycles. The summed E-state index contributed by atoms with van der Waals surface area (Å²) in [6.07, 6.45) is 24.1. The highest BCUT2D eigenvalue weighted by Gasteiger charge is 2.47. The standard InChI is InChI=1S/C44H46N2/c1-29-13-22-35-37(31-14-18-33(19-15-31)39-11-7-9-25-45-39)27-38(32-16-20-34(21-17-32)40-12-8-10-26-46-40)36-23-24-44(6,42(29)41(35)36)28-30(2)43(3,4)5/h7-10,12-29,35,37,39,42H,11H2,1-6H3/b30-28+. The number of allylic oxidation sites excluding steroid dienone is 11. The first-order valence-electron chi connectivity index (χ1n) is 17.0. The van der Waals surface area contributed by atoms with Crippen molar-refractivity contribution in [2.45, 2.75) is 59.9 Å². The van der Waals surface area contributed by atoms with Crippen LogP contribution in [0.3, 0.4) is 0 Å². The summed E-state index contributed by atoms with van der Waals surface area (Å²) in [7, 11) is 0. The Labute approximate surface area is 275 Å². The van der Waals surface area contributed by atoms with Crippen LogP contribution >= 0.6 is 0 Å². The Morgan fingerprint density at radius 1 is 0.891 bits per heavy atom. The molecule has 2 aromatic carbocycles. The molecule has 232 valence electrons. The van der Waals surface area contributed by atoms with Gasteiger partial charge in [-0.25, -0.2) is 0 Å². The molecule has 0 saturated heterocycles. The maximum atomic E-state index is 4.73. The Kier molecular flexibility index (Phi) is 7.79. The van der Waals surface area contributed by atoms with Crippen LogP contribution in [0.1, 0.15) is 76.6 Å². The lowest BCUT2D eigenvalue weighted by Crippen LogP contribution is -2.40. The van der Waals surface area contributed by atoms with E-state index >= 15 is 0 Å². The number of hydrogen-bond acceptors (Lipinski definition) is 2. The highest BCUT2D eigenvalue weighted by atomic mass is 14.8. The van der Waals surface area contributed by atoms with Crippen molar-refractivity contribution in [3.63, 3.8) is 0 Å². The van der Waals surface area contributed by atoms with Crippen molar-refractivity contribution < 1.29 is 0 Å². The maximum Gasteiger partial charge on any atom is 0.0783 e. The molecule has 6 unspecified atom stereocenters. The highest BCUT2D eigenvalue weighted by molar-refractivity contribution is 5.87. The molecule has 2 heteroatoms. The van der Waals surface area contributed by atoms with Gasteiger partial charge in [0.2, 0.25) is 0 Å². The molecule has 2 nitrogen and oxygen atoms in total. The van der Waals surface area contributed by atoms with E-state index in [4.69, 9.17) is 4.99 Å². The molecule has 6 atom stereocenters. The summed E-state index contributed by atoms with van der Waals surface area (Å²) in [5.74, 6) is 1.40. The van der Waals surface area contributed by atoms with Crippen molar-refractivity contribution in [2.75, 3.05) is 0 Å². The van der Waals surface area contributed by atoms with Gasteiger partial charge in [0.25, 0.3) is 0 Å². The predicted octanol–water partition coefficient (Wildman–Crippen LogP) is 11.3. The summed E-state index contributed by atoms with van der Waals surface area (Å²) in [6.45, 7) is 14.2. The molecule has 0 N–H and O–H groups in total. The smallest absolute Gasteiger partial charge is 0.0783 e. The Morgan fingerprint density at radius 3 is 2.30 bits per heavy atom. The fourth-order valence-corrected chi connectivity index (χ4v) is 8.02. The number of nitrogens with zero attached hydrogens (tertiary/aromatic N) is 2. The molecule has 0 saturated carbocycles. The van der Waals surface area contributed by atoms with E-state index in [9.17, 15) is 0 Å². The lowest BCUT2D eigenvalue weighted by Gasteiger charge is -2.50. The molecule has 3 aromatic rings. The van der Waals surface area contributed by atoms with E-state index in [0.717, 1.165) is 17.7 Å². The lowest BCUT2D eigenvalue weighted by atomic mass is 9.54. The quantitative estimate of drug-likeness (QED) is 0.267. The van der Waals surface area contributed by atoms with E-state index in [1.54, 1.807) is 5.57 Å². The third-order valence-corrected chi connectivity index (χ3v) is 10.9. The second kappa shape index (κ2) is 11.8. The molecule has 0 bridgehead atoms. The first-order valence-corrected chi connectivity index (χ1v) is 17.0. The van der Waals surface area contributed by atoms with Gasteiger partial charge in [-0.1, -0.05) is 137 Å². The normalized spacial score (nSPS) is 28.7. The Bertz CT molecular complexity index is 1820. The second-order valence-corrected chi connectivity index (χ2v) is 14.9. The monoisotopic (exact) mass is 602 g/mol. The van der Waals surface area contributed by atoms with Gasteiger partial charge in [-0.05, 0) is 82.2 Å². The highest BCUT2D eigenvalue weighted by Crippen LogP contribution is 2.58. The van der Waals surface area contributed by atoms with Crippen LogP contribution in [-0.2, 0) is 0 Å². The van der Waals surface area contributed by atoms with Crippen LogP contribution in [0.2, 0.25) is 0 Å². The number of aliphatic imine (C=N–C) groups is 1. The largest absolute Gasteiger partial charge is 0.285 e. The van der Waals surface area contributed by atoms with Crippen molar-refractivity contribution in [3.05, 3.63) is 155 Å². The lowest BCUT2D eigenvalue weighted by molar-refractivity contribution is 0.266. The van der Waals surface area contributed by atoms with E-state index < -0.39 is 0 Å². The summed E-state index contributed by atoms with van der Waals surface area (Å²) < 4.78 is 0. The van der Waals surface area contributed by atoms with Crippen LogP contribution in [0.5, 0.6) is 0 Å². The molecule has 4 aliphatic rings. The van der Waals surface area contributed by atoms with Crippen LogP contribution in [0, 0.1) is 28.6 Å². The summed E-state index contributed by atoms with van der Waals surface area (Å²) in [5, 5.41) is 0. The molecule has 7 rings (SSSR count). The number of dihydropyridines is 1. The molecule has 0 fully saturated rings. The minimum absolute atomic E-state index is 0.0647. The summed E-state index contributed by atoms with van der Waals surface area (Å²) in [5.41, 5.74) is 11.9. The van der Waals surface area contributed by atoms with Crippen LogP contribution in [-0.4, -0.2) is 11.2 Å². The molecular weight excluding hydrogens is 556 g/mol. The van der Waals surface area contributed by atoms with Gasteiger partial charge in [-0.15, -0.1) is 0 Å². The van der Waals surface area contributed by atoms with Crippen molar-refractivity contribution in [1.29, 1.82) is 0 Å². The zero-order chi connectivity index (χ0) is 32.1. The van der Waals surface area contributed by atoms with Gasteiger partial charge in [0.15, 0.2) is 0 Å². The average molecular weight is 603 g/mol. The number of rotatable bonds is 5. The topological polar surface area (TPSA) is 25.2 Å². The Morgan fingerprint density at radius 2 is 1.63 bits per heavy atom. The SMILES string of the molecule is C/C(=C\C1(C)C=CC2=C3C(C=CC(C)C31)C(c1ccc(C3CC=CC=N3)cc1)C=C2c1ccc(-c2ccccn2)cc1)C(C)(C)C. The minimum Gasteiger partial charge on any atom is -0.285 e. The van der Waals surface area contributed by atoms with E-state index in [2.05, 4.69) is 150 Å². The molecule has 2 heterocycles. The molecule has 1 aromatic heterocycles. The fraction of sp³-hybridized carbons (Fsp3) is 0.318. The zero-order valence-corrected chi connectivity index (χ0v) is 28.1. The molecule has 0 spiro atoms. The molecule has 46 heavy (non-hydrogen) atoms. The molecule has 3 aliphatic carbocycles. The average Bonchev–Trinajstić information content (AvgIpc) is 3.07. The molecule has 0 amide bonds. The van der Waals surface area contributed by atoms with E-state index in [-0.39, 0.29) is 22.8 Å². The van der Waals surface area contributed by atoms with Crippen LogP contribution in [0.25, 0.3) is 16.8 Å². The number of aromatic nitrogens is 1. The van der Waals surface area contributed by atoms with E-state index in [0.29, 0.717) is 17.8 Å². The van der Waals surface area contributed by atoms with E-state index in [1.165, 1.54) is 33.4 Å². The summed E-state index contributed by atoms with van der Waals surface area (Å²) in [4.78, 5) is 9.32. The number of hydrogen-bond donors (Lipinski definition) is 0. The van der Waals surface area contributed by atoms with Crippen molar-refractivity contribution in [3.8, 4) is 11.3 Å². The van der Waals surface area contributed by atoms with Crippen molar-refractivity contribution >= 4 is 11.8 Å². The summed E-state index contributed by atoms with van der Waals surface area (Å²) in [6, 6.07) is 24.7. The first-order chi connectivity index (χ1) is 22.1. The molecular formula is C44H46N2. The first kappa shape index (κ1) is 30.4. The van der Waals surface area contributed by atoms with Gasteiger partial charge < -0.3 is 0 Å². The Hall–Kier alpha value is -4.30. The summed E-state index contributed by atoms with van der Waals surface area (Å²) >= 11 is 0. The third-order valence-electron chi connectivity index (χ3n) is 10.9. The van der Waals surface area contributed by atoms with Gasteiger partial charge in [0.1, 0.15) is 0 Å². The van der Waals surface area contributed by atoms with Crippen LogP contribution in [0.4, 0.5) is 0 Å². The van der Waals surface area contributed by atoms with Crippen LogP contribution < -0.4 is 0 Å². The number of pyridine rings is 1. The zero-order valence-electron chi connectivity index (χ0n) is 28.1. The minimum atomic E-state index is -0.0647. The third kappa shape index (κ3) is 5.53. The predicted molar refractivity (Wildman–Crippen MR) is 195 cm³/mol. The maximum absolute atomic E-state index is 4.73. The van der Waals surface area contributed by atoms with Crippen molar-refractivity contribution in [2.24, 2.45) is 33.6 Å².